The molecule has 0 unspecified atom stereocenters. The van der Waals surface area contributed by atoms with Gasteiger partial charge in [0.1, 0.15) is 17.5 Å². The lowest BCUT2D eigenvalue weighted by atomic mass is 10.1. The summed E-state index contributed by atoms with van der Waals surface area (Å²) in [5.41, 5.74) is 0.776. The first-order valence-electron chi connectivity index (χ1n) is 7.18. The van der Waals surface area contributed by atoms with Crippen molar-refractivity contribution in [2.75, 3.05) is 11.9 Å². The molecule has 0 saturated carbocycles. The standard InChI is InChI=1S/C18H15FN2O3/c1-2-24-17-10-12(3-8-16(17)22)9-13(11-20)18(23)21-15-6-4-14(19)5-7-15/h3-10,22H,2H2,1H3,(H,21,23)/b13-9-. The highest BCUT2D eigenvalue weighted by Crippen LogP contribution is 2.27. The first-order valence-corrected chi connectivity index (χ1v) is 7.18. The minimum Gasteiger partial charge on any atom is -0.504 e. The second-order valence-electron chi connectivity index (χ2n) is 4.79. The normalized spacial score (nSPS) is 10.8. The van der Waals surface area contributed by atoms with E-state index < -0.39 is 11.7 Å². The number of ether oxygens (including phenoxy) is 1. The summed E-state index contributed by atoms with van der Waals surface area (Å²) in [4.78, 5) is 12.1. The zero-order valence-corrected chi connectivity index (χ0v) is 12.9. The van der Waals surface area contributed by atoms with E-state index in [4.69, 9.17) is 4.74 Å². The molecule has 0 heterocycles. The van der Waals surface area contributed by atoms with Crippen LogP contribution in [0.2, 0.25) is 0 Å². The van der Waals surface area contributed by atoms with Crippen LogP contribution >= 0.6 is 0 Å². The number of phenolic OH excluding ortho intramolecular Hbond substituents is 1. The highest BCUT2D eigenvalue weighted by Gasteiger charge is 2.11. The Morgan fingerprint density at radius 2 is 2.04 bits per heavy atom. The number of nitrogens with zero attached hydrogens (tertiary/aromatic N) is 1. The topological polar surface area (TPSA) is 82.3 Å². The monoisotopic (exact) mass is 326 g/mol. The summed E-state index contributed by atoms with van der Waals surface area (Å²) in [6.45, 7) is 2.15. The molecule has 5 nitrogen and oxygen atoms in total. The number of carbonyl (C=O) groups excluding carboxylic acids is 1. The van der Waals surface area contributed by atoms with E-state index in [1.807, 2.05) is 6.07 Å². The first kappa shape index (κ1) is 17.0. The molecule has 0 saturated heterocycles. The van der Waals surface area contributed by atoms with Gasteiger partial charge in [-0.15, -0.1) is 0 Å². The molecule has 0 aromatic heterocycles. The van der Waals surface area contributed by atoms with Crippen LogP contribution in [-0.4, -0.2) is 17.6 Å². The summed E-state index contributed by atoms with van der Waals surface area (Å²) < 4.78 is 18.1. The van der Waals surface area contributed by atoms with E-state index in [9.17, 15) is 19.6 Å². The van der Waals surface area contributed by atoms with Crippen molar-refractivity contribution in [3.8, 4) is 17.6 Å². The zero-order chi connectivity index (χ0) is 17.5. The van der Waals surface area contributed by atoms with Gasteiger partial charge >= 0.3 is 0 Å². The Hall–Kier alpha value is -3.33. The van der Waals surface area contributed by atoms with Crippen molar-refractivity contribution >= 4 is 17.7 Å². The Balaban J connectivity index is 2.22. The third kappa shape index (κ3) is 4.34. The molecular weight excluding hydrogens is 311 g/mol. The van der Waals surface area contributed by atoms with E-state index in [1.165, 1.54) is 42.5 Å². The molecule has 0 radical (unpaired) electrons. The van der Waals surface area contributed by atoms with Gasteiger partial charge < -0.3 is 15.2 Å². The fraction of sp³-hybridized carbons (Fsp3) is 0.111. The maximum Gasteiger partial charge on any atom is 0.266 e. The molecule has 2 N–H and O–H groups in total. The van der Waals surface area contributed by atoms with Gasteiger partial charge in [0.25, 0.3) is 5.91 Å². The number of halogens is 1. The molecule has 24 heavy (non-hydrogen) atoms. The minimum absolute atomic E-state index is 0.0247. The molecule has 122 valence electrons. The lowest BCUT2D eigenvalue weighted by Crippen LogP contribution is -2.13. The third-order valence-corrected chi connectivity index (χ3v) is 3.06. The predicted octanol–water partition coefficient (Wildman–Crippen LogP) is 3.48. The van der Waals surface area contributed by atoms with Crippen LogP contribution in [0.1, 0.15) is 12.5 Å². The van der Waals surface area contributed by atoms with Crippen molar-refractivity contribution in [3.63, 3.8) is 0 Å². The number of phenols is 1. The SMILES string of the molecule is CCOc1cc(/C=C(/C#N)C(=O)Nc2ccc(F)cc2)ccc1O. The number of hydrogen-bond acceptors (Lipinski definition) is 4. The van der Waals surface area contributed by atoms with E-state index in [-0.39, 0.29) is 17.1 Å². The van der Waals surface area contributed by atoms with Crippen LogP contribution in [0, 0.1) is 17.1 Å². The molecule has 0 aliphatic heterocycles. The van der Waals surface area contributed by atoms with Crippen LogP contribution in [0.3, 0.4) is 0 Å². The van der Waals surface area contributed by atoms with Gasteiger partial charge in [-0.25, -0.2) is 4.39 Å². The fourth-order valence-corrected chi connectivity index (χ4v) is 1.94. The minimum atomic E-state index is -0.616. The number of aromatic hydroxyl groups is 1. The van der Waals surface area contributed by atoms with E-state index in [2.05, 4.69) is 5.32 Å². The average Bonchev–Trinajstić information content (AvgIpc) is 2.57. The number of carbonyl (C=O) groups is 1. The quantitative estimate of drug-likeness (QED) is 0.651. The molecule has 6 heteroatoms. The fourth-order valence-electron chi connectivity index (χ4n) is 1.94. The van der Waals surface area contributed by atoms with Gasteiger partial charge in [0.15, 0.2) is 11.5 Å². The number of amides is 1. The molecule has 2 aromatic rings. The molecule has 0 spiro atoms. The van der Waals surface area contributed by atoms with Crippen molar-refractivity contribution in [3.05, 3.63) is 59.4 Å². The van der Waals surface area contributed by atoms with Crippen molar-refractivity contribution in [1.29, 1.82) is 5.26 Å². The summed E-state index contributed by atoms with van der Waals surface area (Å²) in [6, 6.07) is 11.5. The summed E-state index contributed by atoms with van der Waals surface area (Å²) in [6.07, 6.45) is 1.38. The highest BCUT2D eigenvalue weighted by molar-refractivity contribution is 6.09. The molecule has 2 aromatic carbocycles. The van der Waals surface area contributed by atoms with Crippen LogP contribution in [0.25, 0.3) is 6.08 Å². The largest absolute Gasteiger partial charge is 0.504 e. The maximum atomic E-state index is 12.9. The van der Waals surface area contributed by atoms with Crippen molar-refractivity contribution in [1.82, 2.24) is 0 Å². The van der Waals surface area contributed by atoms with Crippen molar-refractivity contribution < 1.29 is 19.0 Å². The van der Waals surface area contributed by atoms with Crippen LogP contribution in [0.4, 0.5) is 10.1 Å². The Morgan fingerprint density at radius 1 is 1.33 bits per heavy atom. The van der Waals surface area contributed by atoms with Crippen LogP contribution < -0.4 is 10.1 Å². The van der Waals surface area contributed by atoms with Crippen LogP contribution in [-0.2, 0) is 4.79 Å². The number of hydrogen-bond donors (Lipinski definition) is 2. The molecule has 0 bridgehead atoms. The van der Waals surface area contributed by atoms with E-state index in [0.717, 1.165) is 0 Å². The lowest BCUT2D eigenvalue weighted by Gasteiger charge is -2.07. The molecule has 1 amide bonds. The summed E-state index contributed by atoms with van der Waals surface area (Å²) in [5, 5.41) is 21.4. The van der Waals surface area contributed by atoms with Gasteiger partial charge in [-0.1, -0.05) is 6.07 Å². The van der Waals surface area contributed by atoms with Gasteiger partial charge in [-0.05, 0) is 55.0 Å². The molecule has 0 aliphatic rings. The lowest BCUT2D eigenvalue weighted by molar-refractivity contribution is -0.112. The Morgan fingerprint density at radius 3 is 2.67 bits per heavy atom. The van der Waals surface area contributed by atoms with Crippen LogP contribution in [0.15, 0.2) is 48.0 Å². The summed E-state index contributed by atoms with van der Waals surface area (Å²) in [5.74, 6) is -0.794. The third-order valence-electron chi connectivity index (χ3n) is 3.06. The number of anilines is 1. The van der Waals surface area contributed by atoms with Crippen molar-refractivity contribution in [2.24, 2.45) is 0 Å². The van der Waals surface area contributed by atoms with Gasteiger partial charge in [0.2, 0.25) is 0 Å². The predicted molar refractivity (Wildman–Crippen MR) is 87.9 cm³/mol. The van der Waals surface area contributed by atoms with E-state index >= 15 is 0 Å². The molecule has 0 aliphatic carbocycles. The number of benzene rings is 2. The van der Waals surface area contributed by atoms with E-state index in [1.54, 1.807) is 13.0 Å². The zero-order valence-electron chi connectivity index (χ0n) is 12.9. The Labute approximate surface area is 138 Å². The van der Waals surface area contributed by atoms with Gasteiger partial charge in [0, 0.05) is 5.69 Å². The van der Waals surface area contributed by atoms with Crippen LogP contribution in [0.5, 0.6) is 11.5 Å². The number of rotatable bonds is 5. The Kier molecular flexibility index (Phi) is 5.53. The smallest absolute Gasteiger partial charge is 0.266 e. The summed E-state index contributed by atoms with van der Waals surface area (Å²) >= 11 is 0. The summed E-state index contributed by atoms with van der Waals surface area (Å²) in [7, 11) is 0. The second kappa shape index (κ2) is 7.79. The molecule has 2 rings (SSSR count). The van der Waals surface area contributed by atoms with Gasteiger partial charge in [0.05, 0.1) is 6.61 Å². The highest BCUT2D eigenvalue weighted by atomic mass is 19.1. The van der Waals surface area contributed by atoms with E-state index in [0.29, 0.717) is 17.9 Å². The first-order chi connectivity index (χ1) is 11.5. The number of nitrogens with one attached hydrogen (secondary N) is 1. The molecular formula is C18H15FN2O3. The molecule has 0 fully saturated rings. The maximum absolute atomic E-state index is 12.9. The van der Waals surface area contributed by atoms with Gasteiger partial charge in [-0.3, -0.25) is 4.79 Å². The average molecular weight is 326 g/mol. The van der Waals surface area contributed by atoms with Gasteiger partial charge in [-0.2, -0.15) is 5.26 Å². The Bertz CT molecular complexity index is 808. The second-order valence-corrected chi connectivity index (χ2v) is 4.79. The molecule has 0 atom stereocenters. The number of nitriles is 1. The van der Waals surface area contributed by atoms with Crippen molar-refractivity contribution in [2.45, 2.75) is 6.92 Å².